The van der Waals surface area contributed by atoms with E-state index < -0.39 is 0 Å². The molecule has 15 heavy (non-hydrogen) atoms. The average Bonchev–Trinajstić information content (AvgIpc) is 1.95. The highest BCUT2D eigenvalue weighted by Gasteiger charge is 2.61. The van der Waals surface area contributed by atoms with Crippen molar-refractivity contribution in [3.63, 3.8) is 0 Å². The van der Waals surface area contributed by atoms with E-state index in [0.717, 1.165) is 32.4 Å². The normalized spacial score (nSPS) is 27.5. The monoisotopic (exact) mass is 210 g/mol. The van der Waals surface area contributed by atoms with Crippen LogP contribution in [-0.2, 0) is 4.79 Å². The Hall–Kier alpha value is -0.570. The number of amides is 1. The lowest BCUT2D eigenvalue weighted by molar-refractivity contribution is -0.166. The molecule has 1 amide bonds. The van der Waals surface area contributed by atoms with Crippen LogP contribution in [0.2, 0.25) is 0 Å². The number of nitrogens with two attached hydrogens (primary N) is 1. The minimum atomic E-state index is -0.171. The lowest BCUT2D eigenvalue weighted by Crippen LogP contribution is -2.67. The molecule has 0 aromatic rings. The summed E-state index contributed by atoms with van der Waals surface area (Å²) in [6.45, 7) is 6.64. The molecule has 1 aliphatic carbocycles. The standard InChI is InChI=1S/C12H22N2O/c1-9(2)4-12(10(13)15)5-11(6-12)7-14(3)8-11/h9H,4-8H2,1-3H3,(H2,13,15). The summed E-state index contributed by atoms with van der Waals surface area (Å²) >= 11 is 0. The van der Waals surface area contributed by atoms with Crippen molar-refractivity contribution in [2.24, 2.45) is 22.5 Å². The van der Waals surface area contributed by atoms with Gasteiger partial charge in [0.15, 0.2) is 0 Å². The first-order valence-electron chi connectivity index (χ1n) is 5.86. The number of primary amides is 1. The van der Waals surface area contributed by atoms with Gasteiger partial charge in [-0.25, -0.2) is 0 Å². The molecule has 86 valence electrons. The Balaban J connectivity index is 1.99. The summed E-state index contributed by atoms with van der Waals surface area (Å²) in [7, 11) is 2.14. The summed E-state index contributed by atoms with van der Waals surface area (Å²) in [6, 6.07) is 0. The fourth-order valence-electron chi connectivity index (χ4n) is 3.91. The zero-order valence-corrected chi connectivity index (χ0v) is 10.0. The van der Waals surface area contributed by atoms with Gasteiger partial charge in [-0.15, -0.1) is 0 Å². The molecule has 2 aliphatic rings. The zero-order valence-electron chi connectivity index (χ0n) is 10.0. The molecule has 0 radical (unpaired) electrons. The van der Waals surface area contributed by atoms with Gasteiger partial charge in [-0.1, -0.05) is 13.8 Å². The highest BCUT2D eigenvalue weighted by Crippen LogP contribution is 2.60. The molecule has 2 fully saturated rings. The second-order valence-electron chi connectivity index (χ2n) is 6.27. The second-order valence-corrected chi connectivity index (χ2v) is 6.27. The average molecular weight is 210 g/mol. The molecule has 1 spiro atoms. The van der Waals surface area contributed by atoms with Gasteiger partial charge in [-0.2, -0.15) is 0 Å². The summed E-state index contributed by atoms with van der Waals surface area (Å²) in [6.07, 6.45) is 3.02. The van der Waals surface area contributed by atoms with Crippen LogP contribution in [0.5, 0.6) is 0 Å². The number of carbonyl (C=O) groups is 1. The lowest BCUT2D eigenvalue weighted by atomic mass is 9.47. The summed E-state index contributed by atoms with van der Waals surface area (Å²) in [5, 5.41) is 0. The van der Waals surface area contributed by atoms with E-state index in [9.17, 15) is 4.79 Å². The van der Waals surface area contributed by atoms with Crippen LogP contribution in [0.1, 0.15) is 33.1 Å². The van der Waals surface area contributed by atoms with Gasteiger partial charge in [0.25, 0.3) is 0 Å². The van der Waals surface area contributed by atoms with Gasteiger partial charge in [0.1, 0.15) is 0 Å². The molecule has 1 saturated heterocycles. The van der Waals surface area contributed by atoms with E-state index in [1.807, 2.05) is 0 Å². The zero-order chi connectivity index (χ0) is 11.3. The minimum absolute atomic E-state index is 0.0728. The smallest absolute Gasteiger partial charge is 0.223 e. The van der Waals surface area contributed by atoms with E-state index >= 15 is 0 Å². The third-order valence-electron chi connectivity index (χ3n) is 3.96. The van der Waals surface area contributed by atoms with Gasteiger partial charge in [-0.3, -0.25) is 4.79 Å². The maximum atomic E-state index is 11.6. The Morgan fingerprint density at radius 1 is 1.40 bits per heavy atom. The van der Waals surface area contributed by atoms with Crippen LogP contribution < -0.4 is 5.73 Å². The van der Waals surface area contributed by atoms with Crippen LogP contribution in [-0.4, -0.2) is 30.9 Å². The van der Waals surface area contributed by atoms with E-state index in [1.165, 1.54) is 0 Å². The van der Waals surface area contributed by atoms with E-state index in [1.54, 1.807) is 0 Å². The van der Waals surface area contributed by atoms with Crippen molar-refractivity contribution in [3.05, 3.63) is 0 Å². The molecule has 0 aromatic heterocycles. The summed E-state index contributed by atoms with van der Waals surface area (Å²) < 4.78 is 0. The van der Waals surface area contributed by atoms with Gasteiger partial charge in [0, 0.05) is 13.1 Å². The maximum Gasteiger partial charge on any atom is 0.223 e. The van der Waals surface area contributed by atoms with Crippen LogP contribution in [0.25, 0.3) is 0 Å². The van der Waals surface area contributed by atoms with Gasteiger partial charge in [0.2, 0.25) is 5.91 Å². The number of likely N-dealkylation sites (tertiary alicyclic amines) is 1. The maximum absolute atomic E-state index is 11.6. The van der Waals surface area contributed by atoms with Crippen molar-refractivity contribution in [2.45, 2.75) is 33.1 Å². The molecule has 0 unspecified atom stereocenters. The lowest BCUT2D eigenvalue weighted by Gasteiger charge is -2.63. The number of nitrogens with zero attached hydrogens (tertiary/aromatic N) is 1. The summed E-state index contributed by atoms with van der Waals surface area (Å²) in [5.41, 5.74) is 5.83. The van der Waals surface area contributed by atoms with Gasteiger partial charge in [-0.05, 0) is 37.6 Å². The van der Waals surface area contributed by atoms with Crippen molar-refractivity contribution >= 4 is 5.91 Å². The predicted molar refractivity (Wildman–Crippen MR) is 60.2 cm³/mol. The first-order valence-corrected chi connectivity index (χ1v) is 5.86. The third-order valence-corrected chi connectivity index (χ3v) is 3.96. The van der Waals surface area contributed by atoms with Crippen LogP contribution in [0.4, 0.5) is 0 Å². The topological polar surface area (TPSA) is 46.3 Å². The SMILES string of the molecule is CC(C)CC1(C(N)=O)CC2(CN(C)C2)C1. The number of hydrogen-bond donors (Lipinski definition) is 1. The first-order chi connectivity index (χ1) is 6.88. The van der Waals surface area contributed by atoms with Gasteiger partial charge in [0.05, 0.1) is 5.41 Å². The fraction of sp³-hybridized carbons (Fsp3) is 0.917. The minimum Gasteiger partial charge on any atom is -0.369 e. The molecular weight excluding hydrogens is 188 g/mol. The molecule has 0 atom stereocenters. The highest BCUT2D eigenvalue weighted by atomic mass is 16.1. The Kier molecular flexibility index (Phi) is 2.34. The van der Waals surface area contributed by atoms with Crippen molar-refractivity contribution in [3.8, 4) is 0 Å². The van der Waals surface area contributed by atoms with E-state index in [4.69, 9.17) is 5.73 Å². The van der Waals surface area contributed by atoms with Crippen molar-refractivity contribution in [1.29, 1.82) is 0 Å². The predicted octanol–water partition coefficient (Wildman–Crippen LogP) is 1.23. The molecule has 0 aromatic carbocycles. The largest absolute Gasteiger partial charge is 0.369 e. The number of carbonyl (C=O) groups excluding carboxylic acids is 1. The first kappa shape index (κ1) is 10.9. The van der Waals surface area contributed by atoms with Crippen LogP contribution in [0.3, 0.4) is 0 Å². The molecule has 1 saturated carbocycles. The van der Waals surface area contributed by atoms with E-state index in [0.29, 0.717) is 11.3 Å². The van der Waals surface area contributed by atoms with E-state index in [-0.39, 0.29) is 11.3 Å². The van der Waals surface area contributed by atoms with Crippen LogP contribution in [0.15, 0.2) is 0 Å². The second kappa shape index (κ2) is 3.21. The van der Waals surface area contributed by atoms with Crippen molar-refractivity contribution < 1.29 is 4.79 Å². The van der Waals surface area contributed by atoms with Crippen molar-refractivity contribution in [1.82, 2.24) is 4.90 Å². The fourth-order valence-corrected chi connectivity index (χ4v) is 3.91. The molecule has 0 bridgehead atoms. The molecule has 3 heteroatoms. The Morgan fingerprint density at radius 3 is 2.27 bits per heavy atom. The van der Waals surface area contributed by atoms with E-state index in [2.05, 4.69) is 25.8 Å². The molecule has 2 N–H and O–H groups in total. The third kappa shape index (κ3) is 1.67. The molecule has 2 rings (SSSR count). The number of rotatable bonds is 3. The highest BCUT2D eigenvalue weighted by molar-refractivity contribution is 5.82. The Bertz CT molecular complexity index is 271. The van der Waals surface area contributed by atoms with Crippen molar-refractivity contribution in [2.75, 3.05) is 20.1 Å². The molecule has 1 heterocycles. The Labute approximate surface area is 92.0 Å². The number of hydrogen-bond acceptors (Lipinski definition) is 2. The van der Waals surface area contributed by atoms with Crippen LogP contribution in [0, 0.1) is 16.7 Å². The summed E-state index contributed by atoms with van der Waals surface area (Å²) in [4.78, 5) is 13.9. The Morgan fingerprint density at radius 2 is 1.93 bits per heavy atom. The molecular formula is C12H22N2O. The quantitative estimate of drug-likeness (QED) is 0.761. The van der Waals surface area contributed by atoms with Crippen LogP contribution >= 0.6 is 0 Å². The molecule has 3 nitrogen and oxygen atoms in total. The molecule has 1 aliphatic heterocycles. The van der Waals surface area contributed by atoms with Gasteiger partial charge >= 0.3 is 0 Å². The van der Waals surface area contributed by atoms with Gasteiger partial charge < -0.3 is 10.6 Å². The summed E-state index contributed by atoms with van der Waals surface area (Å²) in [5.74, 6) is 0.490.